The van der Waals surface area contributed by atoms with Gasteiger partial charge in [-0.2, -0.15) is 0 Å². The van der Waals surface area contributed by atoms with E-state index < -0.39 is 0 Å². The van der Waals surface area contributed by atoms with Crippen molar-refractivity contribution >= 4 is 23.3 Å². The third-order valence-corrected chi connectivity index (χ3v) is 3.70. The van der Waals surface area contributed by atoms with Crippen molar-refractivity contribution in [3.05, 3.63) is 72.4 Å². The van der Waals surface area contributed by atoms with Gasteiger partial charge in [0, 0.05) is 18.0 Å². The largest absolute Gasteiger partial charge is 0.485 e. The molecule has 0 spiro atoms. The maximum absolute atomic E-state index is 6.34. The molecule has 23 heavy (non-hydrogen) atoms. The minimum absolute atomic E-state index is 0. The molecule has 3 rings (SSSR count). The zero-order valence-electron chi connectivity index (χ0n) is 13.1. The maximum Gasteiger partial charge on any atom is 0.129 e. The fraction of sp³-hybridized carbons (Fsp3) is 0.211. The molecule has 0 saturated heterocycles. The Hall–Kier alpha value is -2.10. The SMILES string of the molecule is CNCCC(Oc1cccc2ncccc12)c1ccccc1.Cl. The number of ether oxygens (including phenoxy) is 1. The number of rotatable bonds is 6. The highest BCUT2D eigenvalue weighted by Crippen LogP contribution is 2.30. The van der Waals surface area contributed by atoms with E-state index in [1.807, 2.05) is 43.6 Å². The normalized spacial score (nSPS) is 11.7. The molecule has 0 amide bonds. The molecule has 1 aromatic heterocycles. The number of hydrogen-bond donors (Lipinski definition) is 1. The van der Waals surface area contributed by atoms with Crippen molar-refractivity contribution in [2.45, 2.75) is 12.5 Å². The summed E-state index contributed by atoms with van der Waals surface area (Å²) < 4.78 is 6.34. The van der Waals surface area contributed by atoms with Crippen LogP contribution >= 0.6 is 12.4 Å². The third-order valence-electron chi connectivity index (χ3n) is 3.70. The molecule has 4 heteroatoms. The number of fused-ring (bicyclic) bond motifs is 1. The second kappa shape index (κ2) is 8.51. The molecule has 0 aliphatic carbocycles. The van der Waals surface area contributed by atoms with Crippen molar-refractivity contribution in [2.24, 2.45) is 0 Å². The van der Waals surface area contributed by atoms with Gasteiger partial charge < -0.3 is 10.1 Å². The highest BCUT2D eigenvalue weighted by molar-refractivity contribution is 5.85. The molecule has 3 nitrogen and oxygen atoms in total. The van der Waals surface area contributed by atoms with Crippen LogP contribution in [-0.2, 0) is 0 Å². The Morgan fingerprint density at radius 2 is 1.83 bits per heavy atom. The summed E-state index contributed by atoms with van der Waals surface area (Å²) in [5.74, 6) is 0.885. The molecule has 1 heterocycles. The summed E-state index contributed by atoms with van der Waals surface area (Å²) in [5.41, 5.74) is 2.15. The van der Waals surface area contributed by atoms with Gasteiger partial charge in [-0.1, -0.05) is 36.4 Å². The molecule has 3 aromatic rings. The predicted molar refractivity (Wildman–Crippen MR) is 97.3 cm³/mol. The van der Waals surface area contributed by atoms with Gasteiger partial charge in [-0.25, -0.2) is 0 Å². The summed E-state index contributed by atoms with van der Waals surface area (Å²) in [6.45, 7) is 0.905. The summed E-state index contributed by atoms with van der Waals surface area (Å²) in [5, 5.41) is 4.25. The summed E-state index contributed by atoms with van der Waals surface area (Å²) in [4.78, 5) is 4.39. The van der Waals surface area contributed by atoms with Crippen molar-refractivity contribution in [1.82, 2.24) is 10.3 Å². The minimum atomic E-state index is 0. The smallest absolute Gasteiger partial charge is 0.129 e. The van der Waals surface area contributed by atoms with Crippen molar-refractivity contribution in [1.29, 1.82) is 0 Å². The zero-order chi connectivity index (χ0) is 15.2. The highest BCUT2D eigenvalue weighted by Gasteiger charge is 2.14. The Morgan fingerprint density at radius 3 is 2.61 bits per heavy atom. The maximum atomic E-state index is 6.34. The van der Waals surface area contributed by atoms with Gasteiger partial charge in [0.15, 0.2) is 0 Å². The molecule has 1 N–H and O–H groups in total. The van der Waals surface area contributed by atoms with E-state index in [2.05, 4.69) is 40.6 Å². The first kappa shape index (κ1) is 17.3. The molecular formula is C19H21ClN2O. The van der Waals surface area contributed by atoms with Crippen LogP contribution in [0.25, 0.3) is 10.9 Å². The molecular weight excluding hydrogens is 308 g/mol. The van der Waals surface area contributed by atoms with Gasteiger partial charge in [-0.3, -0.25) is 4.98 Å². The van der Waals surface area contributed by atoms with Gasteiger partial charge in [0.2, 0.25) is 0 Å². The predicted octanol–water partition coefficient (Wildman–Crippen LogP) is 4.39. The van der Waals surface area contributed by atoms with Gasteiger partial charge >= 0.3 is 0 Å². The van der Waals surface area contributed by atoms with Crippen LogP contribution in [0.5, 0.6) is 5.75 Å². The van der Waals surface area contributed by atoms with Gasteiger partial charge in [0.05, 0.1) is 5.52 Å². The number of hydrogen-bond acceptors (Lipinski definition) is 3. The fourth-order valence-corrected chi connectivity index (χ4v) is 2.57. The molecule has 120 valence electrons. The molecule has 0 saturated carbocycles. The first-order chi connectivity index (χ1) is 10.9. The second-order valence-corrected chi connectivity index (χ2v) is 5.24. The lowest BCUT2D eigenvalue weighted by Crippen LogP contribution is -2.16. The number of aromatic nitrogens is 1. The number of nitrogens with zero attached hydrogens (tertiary/aromatic N) is 1. The lowest BCUT2D eigenvalue weighted by Gasteiger charge is -2.20. The summed E-state index contributed by atoms with van der Waals surface area (Å²) in [6, 6.07) is 20.4. The number of nitrogens with one attached hydrogen (secondary N) is 1. The van der Waals surface area contributed by atoms with Crippen LogP contribution in [0.2, 0.25) is 0 Å². The van der Waals surface area contributed by atoms with Crippen molar-refractivity contribution in [3.8, 4) is 5.75 Å². The fourth-order valence-electron chi connectivity index (χ4n) is 2.57. The van der Waals surface area contributed by atoms with E-state index in [4.69, 9.17) is 4.74 Å². The average Bonchev–Trinajstić information content (AvgIpc) is 2.59. The lowest BCUT2D eigenvalue weighted by atomic mass is 10.1. The van der Waals surface area contributed by atoms with E-state index in [-0.39, 0.29) is 18.5 Å². The zero-order valence-corrected chi connectivity index (χ0v) is 13.9. The molecule has 1 atom stereocenters. The van der Waals surface area contributed by atoms with Crippen LogP contribution in [0.15, 0.2) is 66.9 Å². The van der Waals surface area contributed by atoms with Crippen molar-refractivity contribution in [2.75, 3.05) is 13.6 Å². The van der Waals surface area contributed by atoms with Crippen LogP contribution < -0.4 is 10.1 Å². The van der Waals surface area contributed by atoms with Crippen molar-refractivity contribution < 1.29 is 4.74 Å². The molecule has 0 aliphatic rings. The summed E-state index contributed by atoms with van der Waals surface area (Å²) >= 11 is 0. The molecule has 0 radical (unpaired) electrons. The van der Waals surface area contributed by atoms with E-state index >= 15 is 0 Å². The lowest BCUT2D eigenvalue weighted by molar-refractivity contribution is 0.197. The van der Waals surface area contributed by atoms with Gasteiger partial charge in [-0.15, -0.1) is 12.4 Å². The van der Waals surface area contributed by atoms with Crippen LogP contribution in [-0.4, -0.2) is 18.6 Å². The van der Waals surface area contributed by atoms with E-state index in [1.54, 1.807) is 0 Å². The molecule has 2 aromatic carbocycles. The Bertz CT molecular complexity index is 728. The van der Waals surface area contributed by atoms with E-state index in [1.165, 1.54) is 5.56 Å². The van der Waals surface area contributed by atoms with Crippen LogP contribution in [0.4, 0.5) is 0 Å². The molecule has 1 unspecified atom stereocenters. The number of pyridine rings is 1. The van der Waals surface area contributed by atoms with E-state index in [9.17, 15) is 0 Å². The van der Waals surface area contributed by atoms with E-state index in [0.717, 1.165) is 29.6 Å². The molecule has 0 fully saturated rings. The Labute approximate surface area is 143 Å². The number of benzene rings is 2. The van der Waals surface area contributed by atoms with Gasteiger partial charge in [-0.05, 0) is 43.4 Å². The quantitative estimate of drug-likeness (QED) is 0.729. The van der Waals surface area contributed by atoms with Crippen LogP contribution in [0, 0.1) is 0 Å². The third kappa shape index (κ3) is 4.21. The van der Waals surface area contributed by atoms with Crippen LogP contribution in [0.1, 0.15) is 18.1 Å². The Kier molecular flexibility index (Phi) is 6.39. The second-order valence-electron chi connectivity index (χ2n) is 5.24. The monoisotopic (exact) mass is 328 g/mol. The Balaban J connectivity index is 0.00000192. The first-order valence-corrected chi connectivity index (χ1v) is 7.58. The average molecular weight is 329 g/mol. The molecule has 0 aliphatic heterocycles. The van der Waals surface area contributed by atoms with Crippen LogP contribution in [0.3, 0.4) is 0 Å². The van der Waals surface area contributed by atoms with E-state index in [0.29, 0.717) is 0 Å². The topological polar surface area (TPSA) is 34.1 Å². The minimum Gasteiger partial charge on any atom is -0.485 e. The number of halogens is 1. The van der Waals surface area contributed by atoms with Gasteiger partial charge in [0.1, 0.15) is 11.9 Å². The first-order valence-electron chi connectivity index (χ1n) is 7.58. The summed E-state index contributed by atoms with van der Waals surface area (Å²) in [6.07, 6.45) is 2.75. The molecule has 0 bridgehead atoms. The van der Waals surface area contributed by atoms with Gasteiger partial charge in [0.25, 0.3) is 0 Å². The Morgan fingerprint density at radius 1 is 1.00 bits per heavy atom. The highest BCUT2D eigenvalue weighted by atomic mass is 35.5. The standard InChI is InChI=1S/C19H20N2O.ClH/c1-20-14-12-18(15-7-3-2-4-8-15)22-19-11-5-10-17-16(19)9-6-13-21-17;/h2-11,13,18,20H,12,14H2,1H3;1H. The van der Waals surface area contributed by atoms with Crippen molar-refractivity contribution in [3.63, 3.8) is 0 Å². The summed E-state index contributed by atoms with van der Waals surface area (Å²) in [7, 11) is 1.96.